The van der Waals surface area contributed by atoms with Gasteiger partial charge >= 0.3 is 12.1 Å². The van der Waals surface area contributed by atoms with Crippen molar-refractivity contribution >= 4 is 40.9 Å². The number of likely N-dealkylation sites (tertiary alicyclic amines) is 1. The minimum Gasteiger partial charge on any atom is -0.447 e. The van der Waals surface area contributed by atoms with E-state index < -0.39 is 6.09 Å². The van der Waals surface area contributed by atoms with Crippen LogP contribution in [0.3, 0.4) is 0 Å². The lowest BCUT2D eigenvalue weighted by Crippen LogP contribution is -2.43. The first-order chi connectivity index (χ1) is 15.9. The van der Waals surface area contributed by atoms with Crippen LogP contribution in [0.5, 0.6) is 0 Å². The Kier molecular flexibility index (Phi) is 5.55. The lowest BCUT2D eigenvalue weighted by Gasteiger charge is -2.27. The van der Waals surface area contributed by atoms with E-state index in [0.29, 0.717) is 46.6 Å². The van der Waals surface area contributed by atoms with E-state index in [-0.39, 0.29) is 24.3 Å². The molecule has 2 atom stereocenters. The number of halogens is 1. The van der Waals surface area contributed by atoms with Crippen molar-refractivity contribution in [2.75, 3.05) is 23.8 Å². The highest BCUT2D eigenvalue weighted by Gasteiger charge is 2.41. The molecule has 2 saturated heterocycles. The number of benzene rings is 1. The number of amides is 3. The molecular formula is C22H23ClN6O4. The number of nitrogens with one attached hydrogen (secondary N) is 2. The van der Waals surface area contributed by atoms with E-state index in [1.165, 1.54) is 6.20 Å². The summed E-state index contributed by atoms with van der Waals surface area (Å²) in [6, 6.07) is 5.24. The Morgan fingerprint density at radius 1 is 1.24 bits per heavy atom. The van der Waals surface area contributed by atoms with Gasteiger partial charge in [-0.3, -0.25) is 9.72 Å². The topological polar surface area (TPSA) is 110 Å². The summed E-state index contributed by atoms with van der Waals surface area (Å²) < 4.78 is 12.3. The van der Waals surface area contributed by atoms with Crippen LogP contribution in [-0.4, -0.2) is 62.8 Å². The number of nitrogens with zero attached hydrogens (tertiary/aromatic N) is 4. The number of morpholine rings is 1. The molecule has 2 aliphatic rings. The number of carbonyl (C=O) groups excluding carboxylic acids is 2. The summed E-state index contributed by atoms with van der Waals surface area (Å²) in [4.78, 5) is 35.2. The van der Waals surface area contributed by atoms with Gasteiger partial charge in [0.05, 0.1) is 47.5 Å². The summed E-state index contributed by atoms with van der Waals surface area (Å²) in [5.41, 5.74) is 2.32. The molecule has 0 spiro atoms. The number of imidazole rings is 1. The number of anilines is 2. The van der Waals surface area contributed by atoms with Gasteiger partial charge in [-0.25, -0.2) is 19.6 Å². The Bertz CT molecular complexity index is 1230. The van der Waals surface area contributed by atoms with Crippen molar-refractivity contribution < 1.29 is 19.1 Å². The number of rotatable bonds is 4. The largest absolute Gasteiger partial charge is 0.447 e. The molecule has 0 radical (unpaired) electrons. The van der Waals surface area contributed by atoms with E-state index in [1.54, 1.807) is 48.8 Å². The predicted octanol–water partition coefficient (Wildman–Crippen LogP) is 4.01. The second-order valence-corrected chi connectivity index (χ2v) is 8.78. The third kappa shape index (κ3) is 4.44. The molecule has 2 N–H and O–H groups in total. The Hall–Kier alpha value is -3.37. The number of hydrogen-bond acceptors (Lipinski definition) is 6. The fraction of sp³-hybridized carbons (Fsp3) is 0.364. The van der Waals surface area contributed by atoms with Crippen LogP contribution in [0.25, 0.3) is 17.0 Å². The molecule has 2 aliphatic heterocycles. The summed E-state index contributed by atoms with van der Waals surface area (Å²) in [7, 11) is 0. The molecule has 4 heterocycles. The highest BCUT2D eigenvalue weighted by Crippen LogP contribution is 2.32. The van der Waals surface area contributed by atoms with Crippen molar-refractivity contribution in [3.63, 3.8) is 0 Å². The molecule has 3 amide bonds. The zero-order chi connectivity index (χ0) is 23.1. The van der Waals surface area contributed by atoms with Crippen LogP contribution >= 0.6 is 11.6 Å². The summed E-state index contributed by atoms with van der Waals surface area (Å²) >= 11 is 6.44. The van der Waals surface area contributed by atoms with Gasteiger partial charge in [-0.2, -0.15) is 0 Å². The number of hydrogen-bond donors (Lipinski definition) is 2. The van der Waals surface area contributed by atoms with Gasteiger partial charge in [-0.15, -0.1) is 0 Å². The molecule has 3 aromatic rings. The molecule has 1 aromatic carbocycles. The molecule has 2 aromatic heterocycles. The van der Waals surface area contributed by atoms with Crippen molar-refractivity contribution in [1.29, 1.82) is 0 Å². The highest BCUT2D eigenvalue weighted by molar-refractivity contribution is 6.33. The number of urea groups is 1. The SMILES string of the molecule is CC(C)OC(=O)Nc1cnc2nc(-c3cc(NC(=O)N4CC5CC4CO5)ccc3Cl)cn2c1. The fourth-order valence-electron chi connectivity index (χ4n) is 4.08. The molecule has 2 fully saturated rings. The summed E-state index contributed by atoms with van der Waals surface area (Å²) in [5.74, 6) is 0.436. The molecular weight excluding hydrogens is 448 g/mol. The zero-order valence-electron chi connectivity index (χ0n) is 18.1. The number of aromatic nitrogens is 3. The van der Waals surface area contributed by atoms with Gasteiger partial charge in [0, 0.05) is 30.2 Å². The van der Waals surface area contributed by atoms with Gasteiger partial charge in [-0.1, -0.05) is 11.6 Å². The van der Waals surface area contributed by atoms with Gasteiger partial charge in [0.2, 0.25) is 5.78 Å². The average Bonchev–Trinajstić information content (AvgIpc) is 3.49. The van der Waals surface area contributed by atoms with E-state index in [0.717, 1.165) is 6.42 Å². The molecule has 0 saturated carbocycles. The van der Waals surface area contributed by atoms with Crippen LogP contribution < -0.4 is 10.6 Å². The van der Waals surface area contributed by atoms with E-state index in [9.17, 15) is 9.59 Å². The zero-order valence-corrected chi connectivity index (χ0v) is 18.9. The van der Waals surface area contributed by atoms with Crippen LogP contribution in [0.1, 0.15) is 20.3 Å². The first-order valence-electron chi connectivity index (χ1n) is 10.7. The summed E-state index contributed by atoms with van der Waals surface area (Å²) in [6.07, 6.45) is 5.17. The first kappa shape index (κ1) is 21.5. The molecule has 5 rings (SSSR count). The fourth-order valence-corrected chi connectivity index (χ4v) is 4.30. The Labute approximate surface area is 194 Å². The molecule has 10 nitrogen and oxygen atoms in total. The van der Waals surface area contributed by atoms with Gasteiger partial charge in [0.1, 0.15) is 0 Å². The monoisotopic (exact) mass is 470 g/mol. The lowest BCUT2D eigenvalue weighted by atomic mass is 10.1. The normalized spacial score (nSPS) is 19.3. The predicted molar refractivity (Wildman–Crippen MR) is 123 cm³/mol. The van der Waals surface area contributed by atoms with Crippen LogP contribution in [0, 0.1) is 0 Å². The van der Waals surface area contributed by atoms with Crippen LogP contribution in [-0.2, 0) is 9.47 Å². The van der Waals surface area contributed by atoms with Gasteiger partial charge in [-0.05, 0) is 38.5 Å². The molecule has 2 unspecified atom stereocenters. The standard InChI is InChI=1S/C22H23ClN6O4/c1-12(2)33-22(31)26-14-7-24-20-27-19(10-28(20)8-14)17-5-13(3-4-18(17)23)25-21(30)29-9-16-6-15(29)11-32-16/h3-5,7-8,10,12,15-16H,6,9,11H2,1-2H3,(H,25,30)(H,26,31). The van der Waals surface area contributed by atoms with E-state index in [1.807, 2.05) is 4.90 Å². The van der Waals surface area contributed by atoms with E-state index in [4.69, 9.17) is 21.1 Å². The minimum atomic E-state index is -0.559. The third-order valence-electron chi connectivity index (χ3n) is 5.55. The maximum atomic E-state index is 12.7. The van der Waals surface area contributed by atoms with Gasteiger partial charge in [0.25, 0.3) is 0 Å². The third-order valence-corrected chi connectivity index (χ3v) is 5.88. The summed E-state index contributed by atoms with van der Waals surface area (Å²) in [6.45, 7) is 4.74. The van der Waals surface area contributed by atoms with Crippen molar-refractivity contribution in [3.05, 3.63) is 41.8 Å². The lowest BCUT2D eigenvalue weighted by molar-refractivity contribution is 0.0473. The quantitative estimate of drug-likeness (QED) is 0.596. The number of ether oxygens (including phenoxy) is 2. The summed E-state index contributed by atoms with van der Waals surface area (Å²) in [5, 5.41) is 6.07. The Morgan fingerprint density at radius 3 is 2.82 bits per heavy atom. The molecule has 11 heteroatoms. The van der Waals surface area contributed by atoms with E-state index >= 15 is 0 Å². The number of fused-ring (bicyclic) bond motifs is 3. The Balaban J connectivity index is 1.35. The van der Waals surface area contributed by atoms with Crippen LogP contribution in [0.15, 0.2) is 36.8 Å². The van der Waals surface area contributed by atoms with Crippen molar-refractivity contribution in [2.24, 2.45) is 0 Å². The van der Waals surface area contributed by atoms with Crippen molar-refractivity contribution in [1.82, 2.24) is 19.3 Å². The van der Waals surface area contributed by atoms with E-state index in [2.05, 4.69) is 20.6 Å². The number of carbonyl (C=O) groups is 2. The molecule has 33 heavy (non-hydrogen) atoms. The van der Waals surface area contributed by atoms with Crippen molar-refractivity contribution in [3.8, 4) is 11.3 Å². The van der Waals surface area contributed by atoms with Gasteiger partial charge < -0.3 is 19.7 Å². The highest BCUT2D eigenvalue weighted by atomic mass is 35.5. The van der Waals surface area contributed by atoms with Gasteiger partial charge in [0.15, 0.2) is 0 Å². The van der Waals surface area contributed by atoms with Crippen molar-refractivity contribution in [2.45, 2.75) is 38.5 Å². The maximum absolute atomic E-state index is 12.7. The molecule has 172 valence electrons. The second kappa shape index (κ2) is 8.53. The smallest absolute Gasteiger partial charge is 0.411 e. The van der Waals surface area contributed by atoms with Crippen LogP contribution in [0.2, 0.25) is 5.02 Å². The molecule has 2 bridgehead atoms. The molecule has 0 aliphatic carbocycles. The maximum Gasteiger partial charge on any atom is 0.411 e. The average molecular weight is 471 g/mol. The Morgan fingerprint density at radius 2 is 2.09 bits per heavy atom. The first-order valence-corrected chi connectivity index (χ1v) is 11.0. The second-order valence-electron chi connectivity index (χ2n) is 8.38. The van der Waals surface area contributed by atoms with Crippen LogP contribution in [0.4, 0.5) is 21.0 Å². The minimum absolute atomic E-state index is 0.131.